The zero-order valence-corrected chi connectivity index (χ0v) is 10.6. The molecule has 2 aromatic heterocycles. The maximum Gasteiger partial charge on any atom is 0.266 e. The molecule has 0 aliphatic carbocycles. The molecular formula is C11H13N5OS. The number of nitrogens with zero attached hydrogens (tertiary/aromatic N) is 5. The number of anilines is 1. The van der Waals surface area contributed by atoms with Gasteiger partial charge in [0.1, 0.15) is 5.51 Å². The molecule has 1 fully saturated rings. The first-order valence-electron chi connectivity index (χ1n) is 5.89. The Morgan fingerprint density at radius 2 is 2.44 bits per heavy atom. The van der Waals surface area contributed by atoms with Gasteiger partial charge in [-0.2, -0.15) is 5.10 Å². The van der Waals surface area contributed by atoms with Crippen molar-refractivity contribution >= 4 is 16.5 Å². The zero-order valence-electron chi connectivity index (χ0n) is 9.77. The fraction of sp³-hybridized carbons (Fsp3) is 0.455. The average Bonchev–Trinajstić information content (AvgIpc) is 3.02. The third kappa shape index (κ3) is 2.13. The summed E-state index contributed by atoms with van der Waals surface area (Å²) in [5, 5.41) is 13.0. The summed E-state index contributed by atoms with van der Waals surface area (Å²) in [6.07, 6.45) is 3.82. The van der Waals surface area contributed by atoms with Gasteiger partial charge in [0.2, 0.25) is 5.13 Å². The minimum absolute atomic E-state index is 0.0541. The van der Waals surface area contributed by atoms with E-state index in [1.165, 1.54) is 22.1 Å². The third-order valence-corrected chi connectivity index (χ3v) is 3.87. The van der Waals surface area contributed by atoms with Gasteiger partial charge in [-0.1, -0.05) is 11.3 Å². The lowest BCUT2D eigenvalue weighted by Crippen LogP contribution is -2.36. The van der Waals surface area contributed by atoms with Crippen LogP contribution in [0.4, 0.5) is 5.13 Å². The molecule has 1 aliphatic rings. The molecule has 0 radical (unpaired) electrons. The second-order valence-corrected chi connectivity index (χ2v) is 5.07. The van der Waals surface area contributed by atoms with Gasteiger partial charge >= 0.3 is 0 Å². The van der Waals surface area contributed by atoms with Crippen molar-refractivity contribution in [1.82, 2.24) is 20.0 Å². The molecule has 0 bridgehead atoms. The molecule has 6 nitrogen and oxygen atoms in total. The van der Waals surface area contributed by atoms with Crippen LogP contribution < -0.4 is 10.5 Å². The van der Waals surface area contributed by atoms with Gasteiger partial charge < -0.3 is 4.90 Å². The van der Waals surface area contributed by atoms with Gasteiger partial charge in [-0.05, 0) is 18.9 Å². The fourth-order valence-electron chi connectivity index (χ4n) is 2.29. The van der Waals surface area contributed by atoms with E-state index in [0.717, 1.165) is 24.5 Å². The van der Waals surface area contributed by atoms with E-state index in [1.807, 2.05) is 0 Å². The van der Waals surface area contributed by atoms with E-state index in [9.17, 15) is 4.79 Å². The molecule has 0 saturated carbocycles. The predicted molar refractivity (Wildman–Crippen MR) is 68.8 cm³/mol. The van der Waals surface area contributed by atoms with Crippen LogP contribution in [-0.4, -0.2) is 32.6 Å². The molecule has 1 atom stereocenters. The SMILES string of the molecule is O=c1cccnn1CC1CCCN1c1nncs1. The Balaban J connectivity index is 1.80. The van der Waals surface area contributed by atoms with E-state index in [2.05, 4.69) is 20.2 Å². The lowest BCUT2D eigenvalue weighted by atomic mass is 10.2. The Morgan fingerprint density at radius 3 is 3.22 bits per heavy atom. The molecule has 1 unspecified atom stereocenters. The molecule has 1 aliphatic heterocycles. The highest BCUT2D eigenvalue weighted by molar-refractivity contribution is 7.13. The maximum atomic E-state index is 11.7. The van der Waals surface area contributed by atoms with Crippen molar-refractivity contribution in [3.05, 3.63) is 34.2 Å². The van der Waals surface area contributed by atoms with E-state index in [1.54, 1.807) is 17.8 Å². The van der Waals surface area contributed by atoms with Gasteiger partial charge in [0.25, 0.3) is 5.56 Å². The van der Waals surface area contributed by atoms with Crippen LogP contribution in [0.2, 0.25) is 0 Å². The highest BCUT2D eigenvalue weighted by Gasteiger charge is 2.27. The molecule has 3 heterocycles. The van der Waals surface area contributed by atoms with E-state index in [-0.39, 0.29) is 11.6 Å². The summed E-state index contributed by atoms with van der Waals surface area (Å²) in [6.45, 7) is 1.58. The Kier molecular flexibility index (Phi) is 3.06. The average molecular weight is 263 g/mol. The van der Waals surface area contributed by atoms with Crippen LogP contribution in [0.5, 0.6) is 0 Å². The van der Waals surface area contributed by atoms with E-state index < -0.39 is 0 Å². The van der Waals surface area contributed by atoms with Crippen LogP contribution >= 0.6 is 11.3 Å². The minimum Gasteiger partial charge on any atom is -0.342 e. The Bertz CT molecular complexity index is 567. The molecule has 0 spiro atoms. The standard InChI is InChI=1S/C11H13N5OS/c17-10-4-1-5-13-16(10)7-9-3-2-6-15(9)11-14-12-8-18-11/h1,4-5,8-9H,2-3,6-7H2. The lowest BCUT2D eigenvalue weighted by Gasteiger charge is -2.23. The third-order valence-electron chi connectivity index (χ3n) is 3.14. The van der Waals surface area contributed by atoms with Crippen molar-refractivity contribution in [3.8, 4) is 0 Å². The largest absolute Gasteiger partial charge is 0.342 e. The number of hydrogen-bond acceptors (Lipinski definition) is 6. The predicted octanol–water partition coefficient (Wildman–Crippen LogP) is 0.764. The van der Waals surface area contributed by atoms with E-state index in [0.29, 0.717) is 6.54 Å². The van der Waals surface area contributed by atoms with Gasteiger partial charge in [-0.15, -0.1) is 10.2 Å². The number of rotatable bonds is 3. The van der Waals surface area contributed by atoms with Crippen LogP contribution in [0, 0.1) is 0 Å². The first-order valence-corrected chi connectivity index (χ1v) is 6.77. The molecule has 3 rings (SSSR count). The second kappa shape index (κ2) is 4.85. The minimum atomic E-state index is -0.0541. The number of hydrogen-bond donors (Lipinski definition) is 0. The Labute approximate surface area is 108 Å². The molecule has 18 heavy (non-hydrogen) atoms. The van der Waals surface area contributed by atoms with E-state index >= 15 is 0 Å². The molecule has 0 N–H and O–H groups in total. The van der Waals surface area contributed by atoms with Crippen molar-refractivity contribution < 1.29 is 0 Å². The first kappa shape index (κ1) is 11.3. The van der Waals surface area contributed by atoms with Gasteiger partial charge in [0.15, 0.2) is 0 Å². The summed E-state index contributed by atoms with van der Waals surface area (Å²) in [6, 6.07) is 3.48. The van der Waals surface area contributed by atoms with Crippen molar-refractivity contribution in [2.24, 2.45) is 0 Å². The van der Waals surface area contributed by atoms with Crippen LogP contribution in [0.3, 0.4) is 0 Å². The smallest absolute Gasteiger partial charge is 0.266 e. The Hall–Kier alpha value is -1.76. The molecule has 0 amide bonds. The van der Waals surface area contributed by atoms with Crippen LogP contribution in [0.15, 0.2) is 28.6 Å². The van der Waals surface area contributed by atoms with Gasteiger partial charge in [-0.25, -0.2) is 4.68 Å². The van der Waals surface area contributed by atoms with Crippen LogP contribution in [0.25, 0.3) is 0 Å². The topological polar surface area (TPSA) is 63.9 Å². The van der Waals surface area contributed by atoms with Crippen molar-refractivity contribution in [3.63, 3.8) is 0 Å². The monoisotopic (exact) mass is 263 g/mol. The van der Waals surface area contributed by atoms with E-state index in [4.69, 9.17) is 0 Å². The van der Waals surface area contributed by atoms with Crippen molar-refractivity contribution in [2.45, 2.75) is 25.4 Å². The summed E-state index contributed by atoms with van der Waals surface area (Å²) in [5.41, 5.74) is 1.68. The lowest BCUT2D eigenvalue weighted by molar-refractivity contribution is 0.488. The second-order valence-electron chi connectivity index (χ2n) is 4.25. The van der Waals surface area contributed by atoms with Gasteiger partial charge in [0, 0.05) is 18.8 Å². The van der Waals surface area contributed by atoms with Gasteiger partial charge in [-0.3, -0.25) is 4.79 Å². The van der Waals surface area contributed by atoms with Crippen molar-refractivity contribution in [2.75, 3.05) is 11.4 Å². The summed E-state index contributed by atoms with van der Waals surface area (Å²) < 4.78 is 1.52. The molecule has 0 aromatic carbocycles. The number of aromatic nitrogens is 4. The molecular weight excluding hydrogens is 250 g/mol. The van der Waals surface area contributed by atoms with Crippen molar-refractivity contribution in [1.29, 1.82) is 0 Å². The highest BCUT2D eigenvalue weighted by atomic mass is 32.1. The summed E-state index contributed by atoms with van der Waals surface area (Å²) in [5.74, 6) is 0. The normalized spacial score (nSPS) is 19.3. The first-order chi connectivity index (χ1) is 8.84. The quantitative estimate of drug-likeness (QED) is 0.818. The summed E-state index contributed by atoms with van der Waals surface area (Å²) in [7, 11) is 0. The zero-order chi connectivity index (χ0) is 12.4. The van der Waals surface area contributed by atoms with Crippen LogP contribution in [-0.2, 0) is 6.54 Å². The van der Waals surface area contributed by atoms with Gasteiger partial charge in [0.05, 0.1) is 12.6 Å². The molecule has 7 heteroatoms. The summed E-state index contributed by atoms with van der Waals surface area (Å²) in [4.78, 5) is 13.9. The fourth-order valence-corrected chi connectivity index (χ4v) is 2.95. The highest BCUT2D eigenvalue weighted by Crippen LogP contribution is 2.26. The molecule has 1 saturated heterocycles. The Morgan fingerprint density at radius 1 is 1.50 bits per heavy atom. The van der Waals surface area contributed by atoms with Crippen LogP contribution in [0.1, 0.15) is 12.8 Å². The maximum absolute atomic E-state index is 11.7. The molecule has 2 aromatic rings. The molecule has 94 valence electrons. The summed E-state index contributed by atoms with van der Waals surface area (Å²) >= 11 is 1.53.